The van der Waals surface area contributed by atoms with Gasteiger partial charge in [-0.2, -0.15) is 0 Å². The standard InChI is InChI=1S/C14H19F2NO/c1-9(14-12(15)3-2-4-13(14)16)17-8-10-5-6-11(18)7-10/h2-4,9-11,17-18H,5-8H2,1H3. The van der Waals surface area contributed by atoms with Gasteiger partial charge in [-0.3, -0.25) is 0 Å². The van der Waals surface area contributed by atoms with Crippen LogP contribution in [0.2, 0.25) is 0 Å². The molecule has 1 aromatic rings. The highest BCUT2D eigenvalue weighted by Gasteiger charge is 2.24. The summed E-state index contributed by atoms with van der Waals surface area (Å²) in [5, 5.41) is 12.6. The van der Waals surface area contributed by atoms with Crippen LogP contribution in [-0.4, -0.2) is 17.8 Å². The zero-order valence-corrected chi connectivity index (χ0v) is 10.5. The summed E-state index contributed by atoms with van der Waals surface area (Å²) in [5.74, 6) is -0.625. The second-order valence-electron chi connectivity index (χ2n) is 5.10. The minimum Gasteiger partial charge on any atom is -0.393 e. The molecule has 0 bridgehead atoms. The fourth-order valence-corrected chi connectivity index (χ4v) is 2.60. The van der Waals surface area contributed by atoms with Crippen molar-refractivity contribution in [2.75, 3.05) is 6.54 Å². The van der Waals surface area contributed by atoms with Gasteiger partial charge < -0.3 is 10.4 Å². The lowest BCUT2D eigenvalue weighted by atomic mass is 10.0. The number of rotatable bonds is 4. The third-order valence-corrected chi connectivity index (χ3v) is 3.66. The Labute approximate surface area is 106 Å². The van der Waals surface area contributed by atoms with Gasteiger partial charge in [0.2, 0.25) is 0 Å². The Morgan fingerprint density at radius 1 is 1.33 bits per heavy atom. The molecular weight excluding hydrogens is 236 g/mol. The van der Waals surface area contributed by atoms with Crippen LogP contribution in [-0.2, 0) is 0 Å². The van der Waals surface area contributed by atoms with E-state index in [1.807, 2.05) is 0 Å². The van der Waals surface area contributed by atoms with E-state index < -0.39 is 11.6 Å². The fraction of sp³-hybridized carbons (Fsp3) is 0.571. The molecule has 0 radical (unpaired) electrons. The highest BCUT2D eigenvalue weighted by atomic mass is 19.1. The number of aliphatic hydroxyl groups is 1. The molecule has 2 rings (SSSR count). The molecule has 3 unspecified atom stereocenters. The van der Waals surface area contributed by atoms with Gasteiger partial charge in [0, 0.05) is 11.6 Å². The molecule has 0 aromatic heterocycles. The van der Waals surface area contributed by atoms with Crippen molar-refractivity contribution in [3.05, 3.63) is 35.4 Å². The molecule has 18 heavy (non-hydrogen) atoms. The number of aliphatic hydroxyl groups excluding tert-OH is 1. The van der Waals surface area contributed by atoms with Gasteiger partial charge in [-0.05, 0) is 50.8 Å². The molecule has 1 aromatic carbocycles. The van der Waals surface area contributed by atoms with E-state index in [-0.39, 0.29) is 17.7 Å². The predicted octanol–water partition coefficient (Wildman–Crippen LogP) is 2.78. The lowest BCUT2D eigenvalue weighted by Gasteiger charge is -2.18. The number of benzene rings is 1. The van der Waals surface area contributed by atoms with Crippen LogP contribution in [0.4, 0.5) is 8.78 Å². The van der Waals surface area contributed by atoms with Gasteiger partial charge in [-0.1, -0.05) is 6.07 Å². The van der Waals surface area contributed by atoms with Gasteiger partial charge >= 0.3 is 0 Å². The van der Waals surface area contributed by atoms with E-state index in [0.29, 0.717) is 12.5 Å². The number of halogens is 2. The molecule has 0 saturated heterocycles. The smallest absolute Gasteiger partial charge is 0.130 e. The lowest BCUT2D eigenvalue weighted by molar-refractivity contribution is 0.177. The zero-order chi connectivity index (χ0) is 13.1. The average molecular weight is 255 g/mol. The van der Waals surface area contributed by atoms with Crippen LogP contribution in [0.3, 0.4) is 0 Å². The Balaban J connectivity index is 1.93. The predicted molar refractivity (Wildman–Crippen MR) is 66.1 cm³/mol. The molecule has 4 heteroatoms. The maximum atomic E-state index is 13.5. The van der Waals surface area contributed by atoms with Crippen molar-refractivity contribution in [1.82, 2.24) is 5.32 Å². The van der Waals surface area contributed by atoms with Crippen molar-refractivity contribution in [3.8, 4) is 0 Å². The van der Waals surface area contributed by atoms with Gasteiger partial charge in [0.25, 0.3) is 0 Å². The first-order chi connectivity index (χ1) is 8.58. The van der Waals surface area contributed by atoms with Crippen LogP contribution in [0.1, 0.15) is 37.8 Å². The minimum absolute atomic E-state index is 0.0936. The second kappa shape index (κ2) is 5.76. The molecule has 1 saturated carbocycles. The first-order valence-corrected chi connectivity index (χ1v) is 6.43. The van der Waals surface area contributed by atoms with Crippen molar-refractivity contribution in [2.24, 2.45) is 5.92 Å². The molecule has 3 atom stereocenters. The third kappa shape index (κ3) is 3.06. The molecule has 1 aliphatic rings. The van der Waals surface area contributed by atoms with E-state index >= 15 is 0 Å². The SMILES string of the molecule is CC(NCC1CCC(O)C1)c1c(F)cccc1F. The Morgan fingerprint density at radius 3 is 2.56 bits per heavy atom. The van der Waals surface area contributed by atoms with Crippen molar-refractivity contribution >= 4 is 0 Å². The highest BCUT2D eigenvalue weighted by molar-refractivity contribution is 5.22. The monoisotopic (exact) mass is 255 g/mol. The quantitative estimate of drug-likeness (QED) is 0.867. The summed E-state index contributed by atoms with van der Waals surface area (Å²) in [5.41, 5.74) is 0.0936. The van der Waals surface area contributed by atoms with E-state index in [4.69, 9.17) is 0 Å². The molecule has 0 aliphatic heterocycles. The van der Waals surface area contributed by atoms with Gasteiger partial charge in [-0.25, -0.2) is 8.78 Å². The van der Waals surface area contributed by atoms with Crippen molar-refractivity contribution in [1.29, 1.82) is 0 Å². The van der Waals surface area contributed by atoms with Crippen molar-refractivity contribution < 1.29 is 13.9 Å². The molecule has 2 nitrogen and oxygen atoms in total. The van der Waals surface area contributed by atoms with E-state index in [1.54, 1.807) is 6.92 Å². The van der Waals surface area contributed by atoms with Crippen LogP contribution < -0.4 is 5.32 Å². The van der Waals surface area contributed by atoms with Crippen molar-refractivity contribution in [2.45, 2.75) is 38.3 Å². The largest absolute Gasteiger partial charge is 0.393 e. The maximum Gasteiger partial charge on any atom is 0.130 e. The molecular formula is C14H19F2NO. The normalized spacial score (nSPS) is 25.3. The summed E-state index contributed by atoms with van der Waals surface area (Å²) < 4.78 is 27.1. The van der Waals surface area contributed by atoms with Gasteiger partial charge in [0.1, 0.15) is 11.6 Å². The van der Waals surface area contributed by atoms with Gasteiger partial charge in [-0.15, -0.1) is 0 Å². The molecule has 0 heterocycles. The van der Waals surface area contributed by atoms with E-state index in [9.17, 15) is 13.9 Å². The molecule has 100 valence electrons. The topological polar surface area (TPSA) is 32.3 Å². The molecule has 2 N–H and O–H groups in total. The number of hydrogen-bond donors (Lipinski definition) is 2. The Kier molecular flexibility index (Phi) is 4.30. The van der Waals surface area contributed by atoms with Crippen LogP contribution in [0, 0.1) is 17.6 Å². The van der Waals surface area contributed by atoms with E-state index in [2.05, 4.69) is 5.32 Å². The molecule has 0 amide bonds. The minimum atomic E-state index is -0.513. The van der Waals surface area contributed by atoms with Crippen molar-refractivity contribution in [3.63, 3.8) is 0 Å². The summed E-state index contributed by atoms with van der Waals surface area (Å²) in [7, 11) is 0. The fourth-order valence-electron chi connectivity index (χ4n) is 2.60. The summed E-state index contributed by atoms with van der Waals surface area (Å²) in [4.78, 5) is 0. The van der Waals surface area contributed by atoms with Gasteiger partial charge in [0.05, 0.1) is 6.10 Å². The first kappa shape index (κ1) is 13.4. The highest BCUT2D eigenvalue weighted by Crippen LogP contribution is 2.26. The average Bonchev–Trinajstić information content (AvgIpc) is 2.72. The van der Waals surface area contributed by atoms with E-state index in [1.165, 1.54) is 18.2 Å². The Bertz CT molecular complexity index is 391. The number of hydrogen-bond acceptors (Lipinski definition) is 2. The maximum absolute atomic E-state index is 13.5. The summed E-state index contributed by atoms with van der Waals surface area (Å²) in [6, 6.07) is 3.56. The summed E-state index contributed by atoms with van der Waals surface area (Å²) in [6.07, 6.45) is 2.37. The molecule has 1 aliphatic carbocycles. The molecule has 0 spiro atoms. The summed E-state index contributed by atoms with van der Waals surface area (Å²) >= 11 is 0. The third-order valence-electron chi connectivity index (χ3n) is 3.66. The Morgan fingerprint density at radius 2 is 2.00 bits per heavy atom. The number of nitrogens with one attached hydrogen (secondary N) is 1. The molecule has 1 fully saturated rings. The van der Waals surface area contributed by atoms with Crippen LogP contribution in [0.25, 0.3) is 0 Å². The lowest BCUT2D eigenvalue weighted by Crippen LogP contribution is -2.26. The van der Waals surface area contributed by atoms with E-state index in [0.717, 1.165) is 19.3 Å². The van der Waals surface area contributed by atoms with Gasteiger partial charge in [0.15, 0.2) is 0 Å². The van der Waals surface area contributed by atoms with Crippen LogP contribution in [0.15, 0.2) is 18.2 Å². The Hall–Kier alpha value is -1.00. The zero-order valence-electron chi connectivity index (χ0n) is 10.5. The first-order valence-electron chi connectivity index (χ1n) is 6.43. The summed E-state index contributed by atoms with van der Waals surface area (Å²) in [6.45, 7) is 2.44. The second-order valence-corrected chi connectivity index (χ2v) is 5.10. The van der Waals surface area contributed by atoms with Crippen LogP contribution >= 0.6 is 0 Å². The van der Waals surface area contributed by atoms with Crippen LogP contribution in [0.5, 0.6) is 0 Å².